The highest BCUT2D eigenvalue weighted by Crippen LogP contribution is 2.03. The largest absolute Gasteiger partial charge is 0.323 e. The molecule has 0 aliphatic heterocycles. The number of benzene rings is 1. The Balaban J connectivity index is 3.15. The van der Waals surface area contributed by atoms with Crippen LogP contribution >= 0.6 is 0 Å². The van der Waals surface area contributed by atoms with Gasteiger partial charge >= 0.3 is 0 Å². The van der Waals surface area contributed by atoms with E-state index in [1.54, 1.807) is 18.2 Å². The molecule has 0 atom stereocenters. The fourth-order valence-corrected chi connectivity index (χ4v) is 0.792. The van der Waals surface area contributed by atoms with Gasteiger partial charge in [0.2, 0.25) is 0 Å². The van der Waals surface area contributed by atoms with Crippen LogP contribution in [-0.4, -0.2) is 6.21 Å². The first kappa shape index (κ1) is 7.29. The van der Waals surface area contributed by atoms with Crippen LogP contribution in [0, 0.1) is 11.3 Å². The smallest absolute Gasteiger partial charge is 0.0998 e. The Hall–Kier alpha value is -1.82. The van der Waals surface area contributed by atoms with Gasteiger partial charge in [0.1, 0.15) is 0 Å². The van der Waals surface area contributed by atoms with Crippen molar-refractivity contribution >= 4 is 6.21 Å². The molecule has 0 aliphatic rings. The summed E-state index contributed by atoms with van der Waals surface area (Å²) < 4.78 is 0. The fraction of sp³-hybridized carbons (Fsp3) is 0. The first-order chi connectivity index (χ1) is 5.38. The van der Waals surface area contributed by atoms with Crippen LogP contribution in [0.15, 0.2) is 29.4 Å². The van der Waals surface area contributed by atoms with Crippen molar-refractivity contribution in [3.63, 3.8) is 0 Å². The molecule has 0 saturated carbocycles. The minimum atomic E-state index is 0.585. The standard InChI is InChI=1S/C8H7N3/c9-5-7-3-1-2-4-8(7)6-11-10/h1-4,6H,10H2. The highest BCUT2D eigenvalue weighted by Gasteiger charge is 1.94. The van der Waals surface area contributed by atoms with E-state index in [4.69, 9.17) is 11.1 Å². The quantitative estimate of drug-likeness (QED) is 0.361. The zero-order chi connectivity index (χ0) is 8.10. The van der Waals surface area contributed by atoms with Gasteiger partial charge < -0.3 is 5.84 Å². The first-order valence-corrected chi connectivity index (χ1v) is 3.11. The number of nitriles is 1. The molecule has 0 fully saturated rings. The van der Waals surface area contributed by atoms with Crippen LogP contribution in [0.3, 0.4) is 0 Å². The van der Waals surface area contributed by atoms with Gasteiger partial charge in [-0.25, -0.2) is 0 Å². The van der Waals surface area contributed by atoms with Crippen LogP contribution < -0.4 is 5.84 Å². The van der Waals surface area contributed by atoms with Gasteiger partial charge in [-0.05, 0) is 6.07 Å². The lowest BCUT2D eigenvalue weighted by molar-refractivity contribution is 1.26. The van der Waals surface area contributed by atoms with E-state index in [0.29, 0.717) is 5.56 Å². The van der Waals surface area contributed by atoms with Crippen LogP contribution in [0.2, 0.25) is 0 Å². The van der Waals surface area contributed by atoms with Crippen molar-refractivity contribution in [2.45, 2.75) is 0 Å². The maximum absolute atomic E-state index is 8.59. The van der Waals surface area contributed by atoms with Crippen LogP contribution in [0.5, 0.6) is 0 Å². The molecule has 1 aromatic carbocycles. The molecule has 11 heavy (non-hydrogen) atoms. The Kier molecular flexibility index (Phi) is 2.24. The Morgan fingerprint density at radius 3 is 2.82 bits per heavy atom. The number of hydrogen-bond acceptors (Lipinski definition) is 3. The van der Waals surface area contributed by atoms with Gasteiger partial charge in [0.05, 0.1) is 17.8 Å². The molecule has 0 unspecified atom stereocenters. The summed E-state index contributed by atoms with van der Waals surface area (Å²) in [6.45, 7) is 0. The van der Waals surface area contributed by atoms with Gasteiger partial charge in [-0.3, -0.25) is 0 Å². The van der Waals surface area contributed by atoms with Crippen molar-refractivity contribution in [3.8, 4) is 6.07 Å². The molecule has 0 bridgehead atoms. The molecule has 0 saturated heterocycles. The summed E-state index contributed by atoms with van der Waals surface area (Å²) in [6.07, 6.45) is 1.46. The van der Waals surface area contributed by atoms with Crippen LogP contribution in [0.4, 0.5) is 0 Å². The third kappa shape index (κ3) is 1.55. The van der Waals surface area contributed by atoms with E-state index in [-0.39, 0.29) is 0 Å². The fourth-order valence-electron chi connectivity index (χ4n) is 0.792. The third-order valence-electron chi connectivity index (χ3n) is 1.29. The SMILES string of the molecule is N#Cc1ccccc1C=NN. The Morgan fingerprint density at radius 1 is 1.45 bits per heavy atom. The van der Waals surface area contributed by atoms with Crippen molar-refractivity contribution < 1.29 is 0 Å². The van der Waals surface area contributed by atoms with Gasteiger partial charge in [-0.1, -0.05) is 18.2 Å². The summed E-state index contributed by atoms with van der Waals surface area (Å²) in [5, 5.41) is 11.9. The number of rotatable bonds is 1. The van der Waals surface area contributed by atoms with Crippen molar-refractivity contribution in [1.82, 2.24) is 0 Å². The molecule has 3 heteroatoms. The summed E-state index contributed by atoms with van der Waals surface area (Å²) in [4.78, 5) is 0. The summed E-state index contributed by atoms with van der Waals surface area (Å²) in [7, 11) is 0. The average molecular weight is 145 g/mol. The van der Waals surface area contributed by atoms with Crippen LogP contribution in [0.25, 0.3) is 0 Å². The Morgan fingerprint density at radius 2 is 2.18 bits per heavy atom. The Labute approximate surface area is 64.8 Å². The van der Waals surface area contributed by atoms with Gasteiger partial charge in [0.25, 0.3) is 0 Å². The summed E-state index contributed by atoms with van der Waals surface area (Å²) in [5.41, 5.74) is 1.33. The lowest BCUT2D eigenvalue weighted by Crippen LogP contribution is -1.89. The van der Waals surface area contributed by atoms with Crippen LogP contribution in [-0.2, 0) is 0 Å². The van der Waals surface area contributed by atoms with Gasteiger partial charge in [0, 0.05) is 5.56 Å². The third-order valence-corrected chi connectivity index (χ3v) is 1.29. The van der Waals surface area contributed by atoms with Crippen molar-refractivity contribution in [2.75, 3.05) is 0 Å². The van der Waals surface area contributed by atoms with Gasteiger partial charge in [0.15, 0.2) is 0 Å². The van der Waals surface area contributed by atoms with E-state index >= 15 is 0 Å². The molecule has 0 spiro atoms. The van der Waals surface area contributed by atoms with Crippen molar-refractivity contribution in [3.05, 3.63) is 35.4 Å². The first-order valence-electron chi connectivity index (χ1n) is 3.11. The van der Waals surface area contributed by atoms with E-state index in [0.717, 1.165) is 5.56 Å². The predicted molar refractivity (Wildman–Crippen MR) is 42.9 cm³/mol. The van der Waals surface area contributed by atoms with Gasteiger partial charge in [-0.2, -0.15) is 10.4 Å². The minimum Gasteiger partial charge on any atom is -0.323 e. The predicted octanol–water partition coefficient (Wildman–Crippen LogP) is 0.851. The lowest BCUT2D eigenvalue weighted by atomic mass is 10.1. The zero-order valence-corrected chi connectivity index (χ0v) is 5.86. The molecule has 1 rings (SSSR count). The molecule has 0 aromatic heterocycles. The molecular formula is C8H7N3. The second-order valence-corrected chi connectivity index (χ2v) is 1.98. The second kappa shape index (κ2) is 3.37. The normalized spacial score (nSPS) is 9.73. The Bertz CT molecular complexity index is 309. The molecule has 0 radical (unpaired) electrons. The molecule has 54 valence electrons. The number of nitrogens with zero attached hydrogens (tertiary/aromatic N) is 2. The molecule has 0 amide bonds. The number of nitrogens with two attached hydrogens (primary N) is 1. The summed E-state index contributed by atoms with van der Waals surface area (Å²) >= 11 is 0. The van der Waals surface area contributed by atoms with Crippen LogP contribution in [0.1, 0.15) is 11.1 Å². The van der Waals surface area contributed by atoms with E-state index in [1.807, 2.05) is 12.1 Å². The van der Waals surface area contributed by atoms with Crippen molar-refractivity contribution in [2.24, 2.45) is 10.9 Å². The highest BCUT2D eigenvalue weighted by molar-refractivity contribution is 5.82. The second-order valence-electron chi connectivity index (χ2n) is 1.98. The number of hydrazone groups is 1. The summed E-state index contributed by atoms with van der Waals surface area (Å²) in [6, 6.07) is 9.17. The maximum atomic E-state index is 8.59. The summed E-state index contributed by atoms with van der Waals surface area (Å²) in [5.74, 6) is 4.94. The maximum Gasteiger partial charge on any atom is 0.0998 e. The lowest BCUT2D eigenvalue weighted by Gasteiger charge is -1.92. The van der Waals surface area contributed by atoms with Gasteiger partial charge in [-0.15, -0.1) is 0 Å². The molecule has 1 aromatic rings. The zero-order valence-electron chi connectivity index (χ0n) is 5.86. The molecule has 3 nitrogen and oxygen atoms in total. The molecule has 0 heterocycles. The highest BCUT2D eigenvalue weighted by atomic mass is 15.1. The van der Waals surface area contributed by atoms with E-state index in [9.17, 15) is 0 Å². The monoisotopic (exact) mass is 145 g/mol. The van der Waals surface area contributed by atoms with E-state index in [1.165, 1.54) is 6.21 Å². The topological polar surface area (TPSA) is 62.2 Å². The molecule has 0 aliphatic carbocycles. The van der Waals surface area contributed by atoms with Crippen molar-refractivity contribution in [1.29, 1.82) is 5.26 Å². The van der Waals surface area contributed by atoms with E-state index < -0.39 is 0 Å². The molecule has 2 N–H and O–H groups in total. The minimum absolute atomic E-state index is 0.585. The number of hydrogen-bond donors (Lipinski definition) is 1. The van der Waals surface area contributed by atoms with E-state index in [2.05, 4.69) is 5.10 Å². The average Bonchev–Trinajstić information content (AvgIpc) is 2.06. The molecular weight excluding hydrogens is 138 g/mol.